The number of carbonyl (C=O) groups is 1. The number of nitrogens with zero attached hydrogens (tertiary/aromatic N) is 1. The average Bonchev–Trinajstić information content (AvgIpc) is 2.62. The minimum atomic E-state index is -3.73. The average molecular weight is 410 g/mol. The number of rotatable bonds is 5. The van der Waals surface area contributed by atoms with Crippen molar-refractivity contribution in [2.75, 3.05) is 10.0 Å². The van der Waals surface area contributed by atoms with Gasteiger partial charge in [-0.1, -0.05) is 29.8 Å². The number of carbonyl (C=O) groups excluding carboxylic acids is 1. The normalized spacial score (nSPS) is 11.2. The van der Waals surface area contributed by atoms with Crippen LogP contribution >= 0.6 is 0 Å². The van der Waals surface area contributed by atoms with E-state index < -0.39 is 10.0 Å². The Balaban J connectivity index is 1.97. The van der Waals surface area contributed by atoms with Crippen LogP contribution in [0.5, 0.6) is 0 Å². The molecule has 0 atom stereocenters. The zero-order chi connectivity index (χ0) is 21.2. The van der Waals surface area contributed by atoms with E-state index in [0.29, 0.717) is 16.9 Å². The summed E-state index contributed by atoms with van der Waals surface area (Å²) in [6.45, 7) is 6.98. The quantitative estimate of drug-likeness (QED) is 0.652. The third-order valence-electron chi connectivity index (χ3n) is 4.49. The standard InChI is InChI=1S/C22H23N3O3S/c1-14-5-8-22(16(3)9-14)29(27,28)25-21-11-18(7-6-15(21)2)19-10-20(13-23-12-19)24-17(4)26/h5-13,25H,1-4H3,(H,24,26). The lowest BCUT2D eigenvalue weighted by Crippen LogP contribution is -2.15. The largest absolute Gasteiger partial charge is 0.325 e. The summed E-state index contributed by atoms with van der Waals surface area (Å²) in [6, 6.07) is 12.5. The number of anilines is 2. The van der Waals surface area contributed by atoms with Gasteiger partial charge in [0.1, 0.15) is 0 Å². The Kier molecular flexibility index (Phi) is 5.70. The van der Waals surface area contributed by atoms with Gasteiger partial charge in [-0.25, -0.2) is 8.42 Å². The lowest BCUT2D eigenvalue weighted by atomic mass is 10.0. The number of nitrogens with one attached hydrogen (secondary N) is 2. The summed E-state index contributed by atoms with van der Waals surface area (Å²) in [7, 11) is -3.73. The van der Waals surface area contributed by atoms with Crippen molar-refractivity contribution < 1.29 is 13.2 Å². The molecule has 1 aromatic heterocycles. The van der Waals surface area contributed by atoms with E-state index in [-0.39, 0.29) is 10.8 Å². The van der Waals surface area contributed by atoms with Crippen molar-refractivity contribution in [2.24, 2.45) is 0 Å². The van der Waals surface area contributed by atoms with Gasteiger partial charge >= 0.3 is 0 Å². The van der Waals surface area contributed by atoms with E-state index in [0.717, 1.165) is 22.3 Å². The van der Waals surface area contributed by atoms with E-state index in [4.69, 9.17) is 0 Å². The fourth-order valence-corrected chi connectivity index (χ4v) is 4.43. The number of sulfonamides is 1. The highest BCUT2D eigenvalue weighted by Crippen LogP contribution is 2.29. The molecule has 0 saturated carbocycles. The van der Waals surface area contributed by atoms with Crippen LogP contribution in [0.2, 0.25) is 0 Å². The third-order valence-corrected chi connectivity index (χ3v) is 6.02. The molecule has 0 fully saturated rings. The van der Waals surface area contributed by atoms with Crippen LogP contribution in [-0.4, -0.2) is 19.3 Å². The molecule has 1 amide bonds. The lowest BCUT2D eigenvalue weighted by Gasteiger charge is -2.14. The molecule has 0 aliphatic rings. The SMILES string of the molecule is CC(=O)Nc1cncc(-c2ccc(C)c(NS(=O)(=O)c3ccc(C)cc3C)c2)c1. The molecule has 0 aliphatic carbocycles. The van der Waals surface area contributed by atoms with Crippen molar-refractivity contribution in [3.63, 3.8) is 0 Å². The molecule has 29 heavy (non-hydrogen) atoms. The maximum atomic E-state index is 12.9. The van der Waals surface area contributed by atoms with Gasteiger partial charge in [0.2, 0.25) is 5.91 Å². The summed E-state index contributed by atoms with van der Waals surface area (Å²) in [5, 5.41) is 2.70. The summed E-state index contributed by atoms with van der Waals surface area (Å²) in [4.78, 5) is 15.7. The van der Waals surface area contributed by atoms with E-state index >= 15 is 0 Å². The molecule has 3 aromatic rings. The van der Waals surface area contributed by atoms with E-state index in [2.05, 4.69) is 15.0 Å². The lowest BCUT2D eigenvalue weighted by molar-refractivity contribution is -0.114. The first-order valence-corrected chi connectivity index (χ1v) is 10.6. The van der Waals surface area contributed by atoms with Crippen molar-refractivity contribution in [1.82, 2.24) is 4.98 Å². The second-order valence-corrected chi connectivity index (χ2v) is 8.70. The number of hydrogen-bond donors (Lipinski definition) is 2. The molecule has 7 heteroatoms. The number of aromatic nitrogens is 1. The van der Waals surface area contributed by atoms with Crippen LogP contribution in [0.3, 0.4) is 0 Å². The fraction of sp³-hybridized carbons (Fsp3) is 0.182. The third kappa shape index (κ3) is 4.81. The molecular formula is C22H23N3O3S. The number of benzene rings is 2. The van der Waals surface area contributed by atoms with Crippen LogP contribution in [0.15, 0.2) is 59.8 Å². The fourth-order valence-electron chi connectivity index (χ4n) is 3.08. The number of amides is 1. The van der Waals surface area contributed by atoms with Crippen molar-refractivity contribution in [1.29, 1.82) is 0 Å². The second kappa shape index (κ2) is 8.05. The highest BCUT2D eigenvalue weighted by molar-refractivity contribution is 7.92. The number of pyridine rings is 1. The Labute approximate surface area is 171 Å². The van der Waals surface area contributed by atoms with Crippen LogP contribution in [0.25, 0.3) is 11.1 Å². The molecule has 6 nitrogen and oxygen atoms in total. The molecule has 0 saturated heterocycles. The van der Waals surface area contributed by atoms with Gasteiger partial charge in [-0.05, 0) is 55.7 Å². The van der Waals surface area contributed by atoms with Gasteiger partial charge in [0.15, 0.2) is 0 Å². The second-order valence-electron chi connectivity index (χ2n) is 7.05. The Morgan fingerprint density at radius 3 is 2.34 bits per heavy atom. The molecule has 1 heterocycles. The summed E-state index contributed by atoms with van der Waals surface area (Å²) in [5.74, 6) is -0.185. The predicted octanol–water partition coefficient (Wildman–Crippen LogP) is 4.43. The molecule has 0 radical (unpaired) electrons. The zero-order valence-electron chi connectivity index (χ0n) is 16.8. The van der Waals surface area contributed by atoms with Crippen LogP contribution in [-0.2, 0) is 14.8 Å². The maximum absolute atomic E-state index is 12.9. The molecule has 0 spiro atoms. The summed E-state index contributed by atoms with van der Waals surface area (Å²) < 4.78 is 28.6. The predicted molar refractivity (Wildman–Crippen MR) is 115 cm³/mol. The molecule has 150 valence electrons. The van der Waals surface area contributed by atoms with Gasteiger partial charge < -0.3 is 5.32 Å². The van der Waals surface area contributed by atoms with Crippen LogP contribution in [0.4, 0.5) is 11.4 Å². The Morgan fingerprint density at radius 1 is 0.897 bits per heavy atom. The molecule has 3 rings (SSSR count). The van der Waals surface area contributed by atoms with Gasteiger partial charge in [0.25, 0.3) is 10.0 Å². The van der Waals surface area contributed by atoms with Crippen molar-refractivity contribution in [3.8, 4) is 11.1 Å². The van der Waals surface area contributed by atoms with Crippen molar-refractivity contribution in [2.45, 2.75) is 32.6 Å². The highest BCUT2D eigenvalue weighted by Gasteiger charge is 2.18. The van der Waals surface area contributed by atoms with E-state index in [1.165, 1.54) is 6.92 Å². The summed E-state index contributed by atoms with van der Waals surface area (Å²) in [5.41, 5.74) is 5.12. The molecule has 0 unspecified atom stereocenters. The van der Waals surface area contributed by atoms with E-state index in [9.17, 15) is 13.2 Å². The van der Waals surface area contributed by atoms with Gasteiger partial charge in [0.05, 0.1) is 22.5 Å². The van der Waals surface area contributed by atoms with E-state index in [1.54, 1.807) is 43.6 Å². The first kappa shape index (κ1) is 20.5. The molecule has 2 N–H and O–H groups in total. The first-order valence-electron chi connectivity index (χ1n) is 9.09. The van der Waals surface area contributed by atoms with Crippen LogP contribution in [0, 0.1) is 20.8 Å². The highest BCUT2D eigenvalue weighted by atomic mass is 32.2. The zero-order valence-corrected chi connectivity index (χ0v) is 17.6. The summed E-state index contributed by atoms with van der Waals surface area (Å²) in [6.07, 6.45) is 3.22. The maximum Gasteiger partial charge on any atom is 0.262 e. The van der Waals surface area contributed by atoms with E-state index in [1.807, 2.05) is 32.0 Å². The van der Waals surface area contributed by atoms with Gasteiger partial charge in [-0.15, -0.1) is 0 Å². The smallest absolute Gasteiger partial charge is 0.262 e. The van der Waals surface area contributed by atoms with Crippen LogP contribution < -0.4 is 10.0 Å². The number of aryl methyl sites for hydroxylation is 3. The molecule has 0 aliphatic heterocycles. The van der Waals surface area contributed by atoms with Gasteiger partial charge in [0, 0.05) is 18.7 Å². The van der Waals surface area contributed by atoms with Crippen molar-refractivity contribution >= 4 is 27.3 Å². The minimum absolute atomic E-state index is 0.185. The topological polar surface area (TPSA) is 88.2 Å². The van der Waals surface area contributed by atoms with Crippen molar-refractivity contribution in [3.05, 3.63) is 71.5 Å². The molecular weight excluding hydrogens is 386 g/mol. The minimum Gasteiger partial charge on any atom is -0.325 e. The molecule has 0 bridgehead atoms. The number of hydrogen-bond acceptors (Lipinski definition) is 4. The first-order chi connectivity index (χ1) is 13.7. The van der Waals surface area contributed by atoms with Gasteiger partial charge in [-0.2, -0.15) is 0 Å². The Bertz CT molecular complexity index is 1190. The van der Waals surface area contributed by atoms with Gasteiger partial charge in [-0.3, -0.25) is 14.5 Å². The molecule has 2 aromatic carbocycles. The Hall–Kier alpha value is -3.19. The Morgan fingerprint density at radius 2 is 1.66 bits per heavy atom. The monoisotopic (exact) mass is 409 g/mol. The van der Waals surface area contributed by atoms with Crippen LogP contribution in [0.1, 0.15) is 23.6 Å². The summed E-state index contributed by atoms with van der Waals surface area (Å²) >= 11 is 0.